The van der Waals surface area contributed by atoms with Crippen LogP contribution < -0.4 is 14.8 Å². The second kappa shape index (κ2) is 9.17. The van der Waals surface area contributed by atoms with Crippen LogP contribution >= 0.6 is 0 Å². The maximum Gasteiger partial charge on any atom is 0.254 e. The molecule has 1 aliphatic heterocycles. The van der Waals surface area contributed by atoms with Gasteiger partial charge in [-0.2, -0.15) is 0 Å². The predicted molar refractivity (Wildman–Crippen MR) is 96.5 cm³/mol. The number of nitrogens with one attached hydrogen (secondary N) is 2. The van der Waals surface area contributed by atoms with Crippen molar-refractivity contribution in [2.45, 2.75) is 30.6 Å². The largest absolute Gasteiger partial charge is 0.496 e. The third-order valence-corrected chi connectivity index (χ3v) is 5.83. The third-order valence-electron chi connectivity index (χ3n) is 4.37. The van der Waals surface area contributed by atoms with Crippen LogP contribution in [0.25, 0.3) is 0 Å². The summed E-state index contributed by atoms with van der Waals surface area (Å²) in [6.07, 6.45) is 4.83. The van der Waals surface area contributed by atoms with Crippen LogP contribution in [0.15, 0.2) is 23.1 Å². The number of ether oxygens (including phenoxy) is 1. The molecular weight excluding hydrogens is 342 g/mol. The van der Waals surface area contributed by atoms with Crippen LogP contribution in [0.1, 0.15) is 36.0 Å². The number of sulfonamides is 1. The number of likely N-dealkylation sites (tertiary alicyclic amines) is 1. The molecule has 0 aliphatic carbocycles. The molecule has 1 aromatic carbocycles. The first-order valence-electron chi connectivity index (χ1n) is 8.60. The number of hydrogen-bond acceptors (Lipinski definition) is 5. The number of carbonyl (C=O) groups is 1. The van der Waals surface area contributed by atoms with Crippen LogP contribution in [-0.2, 0) is 10.0 Å². The van der Waals surface area contributed by atoms with E-state index in [9.17, 15) is 13.2 Å². The van der Waals surface area contributed by atoms with Crippen molar-refractivity contribution in [2.24, 2.45) is 0 Å². The average molecular weight is 369 g/mol. The van der Waals surface area contributed by atoms with Gasteiger partial charge in [0.25, 0.3) is 5.91 Å². The van der Waals surface area contributed by atoms with E-state index in [1.165, 1.54) is 58.0 Å². The molecule has 0 atom stereocenters. The average Bonchev–Trinajstić information content (AvgIpc) is 2.89. The molecule has 1 heterocycles. The maximum atomic E-state index is 12.5. The second-order valence-corrected chi connectivity index (χ2v) is 7.86. The molecule has 1 aliphatic rings. The number of nitrogens with zero attached hydrogens (tertiary/aromatic N) is 1. The van der Waals surface area contributed by atoms with E-state index in [2.05, 4.69) is 14.9 Å². The Morgan fingerprint density at radius 3 is 2.48 bits per heavy atom. The van der Waals surface area contributed by atoms with Crippen LogP contribution in [0, 0.1) is 0 Å². The second-order valence-electron chi connectivity index (χ2n) is 6.09. The van der Waals surface area contributed by atoms with E-state index in [0.29, 0.717) is 18.8 Å². The lowest BCUT2D eigenvalue weighted by Gasteiger charge is -2.19. The van der Waals surface area contributed by atoms with Gasteiger partial charge in [0.2, 0.25) is 10.0 Å². The number of methoxy groups -OCH3 is 1. The fourth-order valence-electron chi connectivity index (χ4n) is 2.95. The molecule has 2 rings (SSSR count). The summed E-state index contributed by atoms with van der Waals surface area (Å²) < 4.78 is 32.8. The molecule has 2 N–H and O–H groups in total. The first-order valence-corrected chi connectivity index (χ1v) is 10.1. The van der Waals surface area contributed by atoms with E-state index in [0.717, 1.165) is 13.1 Å². The molecule has 1 saturated heterocycles. The molecule has 140 valence electrons. The van der Waals surface area contributed by atoms with Crippen LogP contribution in [0.3, 0.4) is 0 Å². The van der Waals surface area contributed by atoms with Crippen molar-refractivity contribution in [3.05, 3.63) is 23.8 Å². The van der Waals surface area contributed by atoms with Gasteiger partial charge in [-0.1, -0.05) is 12.8 Å². The van der Waals surface area contributed by atoms with Crippen LogP contribution in [0.4, 0.5) is 0 Å². The minimum absolute atomic E-state index is 0.0581. The van der Waals surface area contributed by atoms with Crippen LogP contribution in [0.5, 0.6) is 5.75 Å². The van der Waals surface area contributed by atoms with Crippen molar-refractivity contribution in [3.8, 4) is 5.75 Å². The summed E-state index contributed by atoms with van der Waals surface area (Å²) in [6.45, 7) is 3.08. The zero-order valence-electron chi connectivity index (χ0n) is 14.9. The van der Waals surface area contributed by atoms with Gasteiger partial charge in [0.1, 0.15) is 5.75 Å². The molecule has 1 fully saturated rings. The Kier molecular flexibility index (Phi) is 7.22. The molecule has 8 heteroatoms. The van der Waals surface area contributed by atoms with Gasteiger partial charge in [-0.25, -0.2) is 13.1 Å². The quantitative estimate of drug-likeness (QED) is 0.754. The van der Waals surface area contributed by atoms with E-state index in [4.69, 9.17) is 4.74 Å². The fraction of sp³-hybridized carbons (Fsp3) is 0.588. The lowest BCUT2D eigenvalue weighted by Crippen LogP contribution is -2.35. The van der Waals surface area contributed by atoms with E-state index in [1.807, 2.05) is 0 Å². The lowest BCUT2D eigenvalue weighted by molar-refractivity contribution is 0.0960. The Morgan fingerprint density at radius 2 is 1.88 bits per heavy atom. The van der Waals surface area contributed by atoms with Crippen molar-refractivity contribution in [3.63, 3.8) is 0 Å². The third kappa shape index (κ3) is 5.42. The van der Waals surface area contributed by atoms with Gasteiger partial charge >= 0.3 is 0 Å². The molecule has 1 amide bonds. The smallest absolute Gasteiger partial charge is 0.254 e. The summed E-state index contributed by atoms with van der Waals surface area (Å²) >= 11 is 0. The minimum Gasteiger partial charge on any atom is -0.496 e. The number of rotatable bonds is 7. The van der Waals surface area contributed by atoms with Gasteiger partial charge in [-0.05, 0) is 44.1 Å². The summed E-state index contributed by atoms with van der Waals surface area (Å²) in [5.74, 6) is -0.0543. The number of benzene rings is 1. The number of amides is 1. The SMILES string of the molecule is CNC(=O)c1cc(S(=O)(=O)NCCN2CCCCCC2)ccc1OC. The lowest BCUT2D eigenvalue weighted by atomic mass is 10.2. The molecule has 1 aromatic rings. The molecule has 7 nitrogen and oxygen atoms in total. The minimum atomic E-state index is -3.67. The number of carbonyl (C=O) groups excluding carboxylic acids is 1. The van der Waals surface area contributed by atoms with Gasteiger partial charge in [0.05, 0.1) is 17.6 Å². The molecule has 0 saturated carbocycles. The zero-order chi connectivity index (χ0) is 18.3. The standard InChI is InChI=1S/C17H27N3O4S/c1-18-17(21)15-13-14(7-8-16(15)24-2)25(22,23)19-9-12-20-10-5-3-4-6-11-20/h7-8,13,19H,3-6,9-12H2,1-2H3,(H,18,21). The Labute approximate surface area is 149 Å². The summed E-state index contributed by atoms with van der Waals surface area (Å²) in [5.41, 5.74) is 0.195. The highest BCUT2D eigenvalue weighted by Crippen LogP contribution is 2.22. The topological polar surface area (TPSA) is 87.7 Å². The first-order chi connectivity index (χ1) is 12.0. The van der Waals surface area contributed by atoms with Gasteiger partial charge in [0, 0.05) is 20.1 Å². The Hall–Kier alpha value is -1.64. The fourth-order valence-corrected chi connectivity index (χ4v) is 3.99. The van der Waals surface area contributed by atoms with Crippen LogP contribution in [-0.4, -0.2) is 59.6 Å². The van der Waals surface area contributed by atoms with Gasteiger partial charge in [-0.15, -0.1) is 0 Å². The van der Waals surface area contributed by atoms with Gasteiger partial charge < -0.3 is 15.0 Å². The molecule has 25 heavy (non-hydrogen) atoms. The normalized spacial score (nSPS) is 16.2. The maximum absolute atomic E-state index is 12.5. The van der Waals surface area contributed by atoms with E-state index >= 15 is 0 Å². The van der Waals surface area contributed by atoms with E-state index in [-0.39, 0.29) is 10.5 Å². The zero-order valence-corrected chi connectivity index (χ0v) is 15.7. The molecular formula is C17H27N3O4S. The Balaban J connectivity index is 2.04. The van der Waals surface area contributed by atoms with Crippen molar-refractivity contribution < 1.29 is 17.9 Å². The van der Waals surface area contributed by atoms with Crippen LogP contribution in [0.2, 0.25) is 0 Å². The molecule has 0 unspecified atom stereocenters. The predicted octanol–water partition coefficient (Wildman–Crippen LogP) is 1.21. The monoisotopic (exact) mass is 369 g/mol. The first kappa shape index (κ1) is 19.7. The Morgan fingerprint density at radius 1 is 1.20 bits per heavy atom. The van der Waals surface area contributed by atoms with E-state index in [1.54, 1.807) is 0 Å². The van der Waals surface area contributed by atoms with E-state index < -0.39 is 15.9 Å². The molecule has 0 spiro atoms. The van der Waals surface area contributed by atoms with Gasteiger partial charge in [0.15, 0.2) is 0 Å². The highest BCUT2D eigenvalue weighted by molar-refractivity contribution is 7.89. The van der Waals surface area contributed by atoms with Crippen molar-refractivity contribution >= 4 is 15.9 Å². The number of hydrogen-bond donors (Lipinski definition) is 2. The molecule has 0 radical (unpaired) electrons. The summed E-state index contributed by atoms with van der Waals surface area (Å²) in [6, 6.07) is 4.28. The summed E-state index contributed by atoms with van der Waals surface area (Å²) in [4.78, 5) is 14.3. The molecule has 0 bridgehead atoms. The highest BCUT2D eigenvalue weighted by atomic mass is 32.2. The van der Waals surface area contributed by atoms with Crippen molar-refractivity contribution in [2.75, 3.05) is 40.3 Å². The van der Waals surface area contributed by atoms with Gasteiger partial charge in [-0.3, -0.25) is 4.79 Å². The summed E-state index contributed by atoms with van der Waals surface area (Å²) in [7, 11) is -0.743. The van der Waals surface area contributed by atoms with Crippen molar-refractivity contribution in [1.82, 2.24) is 14.9 Å². The highest BCUT2D eigenvalue weighted by Gasteiger charge is 2.19. The summed E-state index contributed by atoms with van der Waals surface area (Å²) in [5, 5.41) is 2.49. The molecule has 0 aromatic heterocycles. The van der Waals surface area contributed by atoms with Crippen molar-refractivity contribution in [1.29, 1.82) is 0 Å². The Bertz CT molecular complexity index is 683.